The molecule has 6 heteroatoms. The third kappa shape index (κ3) is 2.25. The van der Waals surface area contributed by atoms with Gasteiger partial charge in [-0.05, 0) is 18.2 Å². The Morgan fingerprint density at radius 2 is 1.86 bits per heavy atom. The summed E-state index contributed by atoms with van der Waals surface area (Å²) < 4.78 is 0. The Morgan fingerprint density at radius 3 is 2.55 bits per heavy atom. The number of aliphatic hydroxyl groups is 1. The van der Waals surface area contributed by atoms with Crippen molar-refractivity contribution in [2.24, 2.45) is 0 Å². The molecule has 0 aromatic heterocycles. The van der Waals surface area contributed by atoms with Crippen LogP contribution in [0.4, 0.5) is 5.69 Å². The molecule has 0 unspecified atom stereocenters. The maximum atomic E-state index is 12.4. The van der Waals surface area contributed by atoms with Gasteiger partial charge in [0.15, 0.2) is 6.23 Å². The van der Waals surface area contributed by atoms with Gasteiger partial charge in [0.05, 0.1) is 10.5 Å². The Labute approximate surface area is 126 Å². The predicted octanol–water partition coefficient (Wildman–Crippen LogP) is 2.71. The van der Waals surface area contributed by atoms with Gasteiger partial charge < -0.3 is 5.11 Å². The standard InChI is InChI=1S/C16H12N2O4/c19-15(11-5-2-1-3-6-11)17-10-9-12-13(16(17)20)7-4-8-14(12)18(21)22/h1-10,16,20H/t16-/m0/s1. The first-order chi connectivity index (χ1) is 10.6. The molecular formula is C16H12N2O4. The molecule has 0 radical (unpaired) electrons. The zero-order valence-electron chi connectivity index (χ0n) is 11.4. The molecule has 22 heavy (non-hydrogen) atoms. The van der Waals surface area contributed by atoms with Crippen LogP contribution in [0, 0.1) is 10.1 Å². The number of carbonyl (C=O) groups is 1. The van der Waals surface area contributed by atoms with E-state index < -0.39 is 11.2 Å². The van der Waals surface area contributed by atoms with Crippen molar-refractivity contribution < 1.29 is 14.8 Å². The first-order valence-electron chi connectivity index (χ1n) is 6.61. The molecule has 1 atom stereocenters. The Morgan fingerprint density at radius 1 is 1.14 bits per heavy atom. The molecule has 0 saturated heterocycles. The van der Waals surface area contributed by atoms with Crippen molar-refractivity contribution in [1.82, 2.24) is 4.90 Å². The van der Waals surface area contributed by atoms with Crippen molar-refractivity contribution in [3.63, 3.8) is 0 Å². The number of amides is 1. The lowest BCUT2D eigenvalue weighted by atomic mass is 10.00. The summed E-state index contributed by atoms with van der Waals surface area (Å²) in [6, 6.07) is 13.0. The van der Waals surface area contributed by atoms with Crippen molar-refractivity contribution in [2.75, 3.05) is 0 Å². The average Bonchev–Trinajstić information content (AvgIpc) is 2.55. The Balaban J connectivity index is 2.00. The summed E-state index contributed by atoms with van der Waals surface area (Å²) in [4.78, 5) is 24.1. The SMILES string of the molecule is O=C(c1ccccc1)N1C=Cc2c(cccc2[N+](=O)[O-])[C@@H]1O. The molecule has 110 valence electrons. The molecule has 0 fully saturated rings. The predicted molar refractivity (Wildman–Crippen MR) is 79.7 cm³/mol. The average molecular weight is 296 g/mol. The van der Waals surface area contributed by atoms with E-state index in [4.69, 9.17) is 0 Å². The van der Waals surface area contributed by atoms with Crippen LogP contribution in [-0.2, 0) is 0 Å². The summed E-state index contributed by atoms with van der Waals surface area (Å²) >= 11 is 0. The first-order valence-corrected chi connectivity index (χ1v) is 6.61. The number of benzene rings is 2. The molecule has 1 heterocycles. The van der Waals surface area contributed by atoms with Gasteiger partial charge in [-0.15, -0.1) is 0 Å². The van der Waals surface area contributed by atoms with E-state index in [9.17, 15) is 20.0 Å². The second-order valence-corrected chi connectivity index (χ2v) is 4.81. The van der Waals surface area contributed by atoms with Gasteiger partial charge in [-0.3, -0.25) is 19.8 Å². The Hall–Kier alpha value is -2.99. The summed E-state index contributed by atoms with van der Waals surface area (Å²) in [6.07, 6.45) is 1.59. The van der Waals surface area contributed by atoms with E-state index in [2.05, 4.69) is 0 Å². The maximum Gasteiger partial charge on any atom is 0.277 e. The third-order valence-corrected chi connectivity index (χ3v) is 3.51. The van der Waals surface area contributed by atoms with Crippen LogP contribution in [0.2, 0.25) is 0 Å². The van der Waals surface area contributed by atoms with Crippen LogP contribution < -0.4 is 0 Å². The summed E-state index contributed by atoms with van der Waals surface area (Å²) in [7, 11) is 0. The second-order valence-electron chi connectivity index (χ2n) is 4.81. The van der Waals surface area contributed by atoms with Gasteiger partial charge in [0, 0.05) is 23.4 Å². The van der Waals surface area contributed by atoms with Crippen molar-refractivity contribution in [3.8, 4) is 0 Å². The van der Waals surface area contributed by atoms with Crippen LogP contribution in [0.3, 0.4) is 0 Å². The Kier molecular flexibility index (Phi) is 3.44. The molecule has 3 rings (SSSR count). The van der Waals surface area contributed by atoms with Gasteiger partial charge in [0.2, 0.25) is 0 Å². The molecular weight excluding hydrogens is 284 g/mol. The summed E-state index contributed by atoms with van der Waals surface area (Å²) in [5, 5.41) is 21.4. The van der Waals surface area contributed by atoms with Gasteiger partial charge in [-0.25, -0.2) is 0 Å². The van der Waals surface area contributed by atoms with Crippen molar-refractivity contribution in [2.45, 2.75) is 6.23 Å². The number of rotatable bonds is 2. The highest BCUT2D eigenvalue weighted by molar-refractivity contribution is 5.96. The van der Waals surface area contributed by atoms with Gasteiger partial charge >= 0.3 is 0 Å². The zero-order valence-corrected chi connectivity index (χ0v) is 11.4. The van der Waals surface area contributed by atoms with Crippen LogP contribution in [0.1, 0.15) is 27.7 Å². The lowest BCUT2D eigenvalue weighted by molar-refractivity contribution is -0.385. The molecule has 2 aromatic rings. The van der Waals surface area contributed by atoms with Crippen molar-refractivity contribution in [1.29, 1.82) is 0 Å². The minimum Gasteiger partial charge on any atom is -0.369 e. The normalized spacial score (nSPS) is 16.2. The van der Waals surface area contributed by atoms with E-state index in [1.165, 1.54) is 24.4 Å². The third-order valence-electron chi connectivity index (χ3n) is 3.51. The van der Waals surface area contributed by atoms with Crippen LogP contribution in [-0.4, -0.2) is 20.8 Å². The molecule has 0 saturated carbocycles. The zero-order chi connectivity index (χ0) is 15.7. The van der Waals surface area contributed by atoms with E-state index in [-0.39, 0.29) is 11.6 Å². The fourth-order valence-corrected chi connectivity index (χ4v) is 2.43. The number of aliphatic hydroxyl groups excluding tert-OH is 1. The fraction of sp³-hybridized carbons (Fsp3) is 0.0625. The van der Waals surface area contributed by atoms with Crippen molar-refractivity contribution in [3.05, 3.63) is 81.5 Å². The van der Waals surface area contributed by atoms with Crippen LogP contribution >= 0.6 is 0 Å². The highest BCUT2D eigenvalue weighted by atomic mass is 16.6. The van der Waals surface area contributed by atoms with Crippen molar-refractivity contribution >= 4 is 17.7 Å². The highest BCUT2D eigenvalue weighted by Crippen LogP contribution is 2.34. The van der Waals surface area contributed by atoms with E-state index in [1.807, 2.05) is 0 Å². The molecule has 1 N–H and O–H groups in total. The van der Waals surface area contributed by atoms with Gasteiger partial charge in [0.1, 0.15) is 0 Å². The van der Waals surface area contributed by atoms with Crippen LogP contribution in [0.25, 0.3) is 6.08 Å². The summed E-state index contributed by atoms with van der Waals surface area (Å²) in [5.41, 5.74) is 0.984. The highest BCUT2D eigenvalue weighted by Gasteiger charge is 2.30. The molecule has 1 aliphatic rings. The molecule has 1 amide bonds. The Bertz CT molecular complexity index is 771. The lowest BCUT2D eigenvalue weighted by Gasteiger charge is -2.29. The van der Waals surface area contributed by atoms with Gasteiger partial charge in [-0.2, -0.15) is 0 Å². The summed E-state index contributed by atoms with van der Waals surface area (Å²) in [6.45, 7) is 0. The van der Waals surface area contributed by atoms with Gasteiger partial charge in [-0.1, -0.05) is 30.3 Å². The number of hydrogen-bond acceptors (Lipinski definition) is 4. The quantitative estimate of drug-likeness (QED) is 0.682. The van der Waals surface area contributed by atoms with E-state index in [0.29, 0.717) is 16.7 Å². The van der Waals surface area contributed by atoms with E-state index >= 15 is 0 Å². The monoisotopic (exact) mass is 296 g/mol. The summed E-state index contributed by atoms with van der Waals surface area (Å²) in [5.74, 6) is -0.374. The van der Waals surface area contributed by atoms with Gasteiger partial charge in [0.25, 0.3) is 11.6 Å². The number of fused-ring (bicyclic) bond motifs is 1. The van der Waals surface area contributed by atoms with E-state index in [1.54, 1.807) is 36.4 Å². The minimum absolute atomic E-state index is 0.0976. The molecule has 0 bridgehead atoms. The smallest absolute Gasteiger partial charge is 0.277 e. The molecule has 1 aliphatic heterocycles. The van der Waals surface area contributed by atoms with Crippen LogP contribution in [0.5, 0.6) is 0 Å². The first kappa shape index (κ1) is 14.0. The lowest BCUT2D eigenvalue weighted by Crippen LogP contribution is -2.32. The van der Waals surface area contributed by atoms with E-state index in [0.717, 1.165) is 4.90 Å². The topological polar surface area (TPSA) is 83.7 Å². The molecule has 0 aliphatic carbocycles. The number of hydrogen-bond donors (Lipinski definition) is 1. The van der Waals surface area contributed by atoms with Crippen LogP contribution in [0.15, 0.2) is 54.7 Å². The maximum absolute atomic E-state index is 12.4. The number of carbonyl (C=O) groups excluding carboxylic acids is 1. The second kappa shape index (κ2) is 5.42. The minimum atomic E-state index is -1.26. The largest absolute Gasteiger partial charge is 0.369 e. The number of nitro benzene ring substituents is 1. The number of nitro groups is 1. The molecule has 2 aromatic carbocycles. The number of nitrogens with zero attached hydrogens (tertiary/aromatic N) is 2. The molecule has 6 nitrogen and oxygen atoms in total. The molecule has 0 spiro atoms. The fourth-order valence-electron chi connectivity index (χ4n) is 2.43.